The second kappa shape index (κ2) is 43.0. The molecule has 41 heteroatoms. The van der Waals surface area contributed by atoms with Gasteiger partial charge >= 0.3 is 5.97 Å². The van der Waals surface area contributed by atoms with Crippen molar-refractivity contribution in [2.75, 3.05) is 46.9 Å². The smallest absolute Gasteiger partial charge is 0.337 e. The number of carbonyl (C=O) groups excluding carboxylic acids is 9. The number of phenolic OH excluding ortho intramolecular Hbond substituents is 4. The van der Waals surface area contributed by atoms with Gasteiger partial charge in [-0.25, -0.2) is 4.79 Å². The Labute approximate surface area is 760 Å². The summed E-state index contributed by atoms with van der Waals surface area (Å²) in [6.45, 7) is 4.39. The van der Waals surface area contributed by atoms with Crippen LogP contribution in [0.25, 0.3) is 11.1 Å². The van der Waals surface area contributed by atoms with Gasteiger partial charge in [0.2, 0.25) is 65.6 Å². The highest BCUT2D eigenvalue weighted by Gasteiger charge is 2.52. The number of ether oxygens (including phenoxy) is 8. The maximum atomic E-state index is 16.9. The number of nitrogens with one attached hydrogen (secondary N) is 10. The molecule has 0 aromatic heterocycles. The van der Waals surface area contributed by atoms with Crippen LogP contribution >= 0.6 is 23.2 Å². The molecule has 17 bridgehead atoms. The van der Waals surface area contributed by atoms with E-state index in [1.54, 1.807) is 0 Å². The average molecular weight is 1860 g/mol. The summed E-state index contributed by atoms with van der Waals surface area (Å²) in [5.74, 6) is -16.7. The molecule has 7 aromatic carbocycles. The highest BCUT2D eigenvalue weighted by Crippen LogP contribution is 2.51. The molecule has 702 valence electrons. The van der Waals surface area contributed by atoms with Gasteiger partial charge in [-0.2, -0.15) is 0 Å². The van der Waals surface area contributed by atoms with E-state index in [1.165, 1.54) is 55.6 Å². The monoisotopic (exact) mass is 1860 g/mol. The number of methoxy groups -OCH3 is 1. The summed E-state index contributed by atoms with van der Waals surface area (Å²) in [6, 6.07) is 5.97. The molecule has 23 N–H and O–H groups in total. The topological polar surface area (TPSA) is 596 Å². The van der Waals surface area contributed by atoms with Crippen molar-refractivity contribution in [3.8, 4) is 80.1 Å². The van der Waals surface area contributed by atoms with Crippen molar-refractivity contribution in [3.05, 3.63) is 164 Å². The van der Waals surface area contributed by atoms with Gasteiger partial charge in [0.1, 0.15) is 131 Å². The number of esters is 1. The fourth-order valence-corrected chi connectivity index (χ4v) is 16.6. The van der Waals surface area contributed by atoms with Gasteiger partial charge in [0.05, 0.1) is 23.8 Å². The number of nitrogens with two attached hydrogens (primary N) is 1. The van der Waals surface area contributed by atoms with Crippen molar-refractivity contribution >= 4 is 76.4 Å². The molecule has 0 unspecified atom stereocenters. The Morgan fingerprint density at radius 1 is 0.557 bits per heavy atom. The minimum atomic E-state index is -2.44. The summed E-state index contributed by atoms with van der Waals surface area (Å²) in [4.78, 5) is 139. The van der Waals surface area contributed by atoms with Gasteiger partial charge in [0, 0.05) is 48.2 Å². The third-order valence-corrected chi connectivity index (χ3v) is 23.9. The Balaban J connectivity index is 1.04. The molecule has 0 radical (unpaired) electrons. The third kappa shape index (κ3) is 22.3. The van der Waals surface area contributed by atoms with Crippen LogP contribution in [0.15, 0.2) is 115 Å². The number of likely N-dealkylation sites (N-methyl/N-ethyl adjacent to an activating group) is 1. The van der Waals surface area contributed by atoms with Gasteiger partial charge in [-0.3, -0.25) is 38.4 Å². The standard InChI is InChI=1S/C90H105Cl2N11O28/c1-40(2)13-9-7-5-6-8-10-14-63(109)98-72-75(112)77(114)80(88(123)124-4)131-89(72)130-79-60-33-45-34-61(79)127-57-24-19-44(31-52(57)91)73(110)71-87(122)102-69(82(117)96-28-12-27-95-26-11-25-93)50-35-46(105)36-59(128-90-78(115)76(113)74(111)62(39-104)129-90)64(50)49-30-42(17-22-54(49)106)67(84(119)103-71)99-85(120)68(45)100-86(121)70-51-37-48(38-56(108)65(51)92)126-58-32-43(18-23-55(58)107)66(94-3)83(118)97-53(81(116)101-70)29-41-15-20-47(125-60)21-16-41/h15-24,30-38,40,53,62,66-78,80,89-90,94-95,104-108,110-115H,5-14,25-29,39,93H2,1-4H3,(H,96,117)(H,97,118)(H,98,109)(H,99,120)(H,100,121)(H,101,116)(H,102,122)(H,103,119)/t53-,62-,66+,67-,68-,69-,70+,71+,72-,73-,74-,75-,76+,77+,78+,80+,89-,90+/m1/s1. The molecule has 15 rings (SSSR count). The van der Waals surface area contributed by atoms with Crippen LogP contribution in [0, 0.1) is 5.92 Å². The lowest BCUT2D eigenvalue weighted by Crippen LogP contribution is -2.66. The van der Waals surface area contributed by atoms with Gasteiger partial charge in [-0.05, 0) is 158 Å². The average Bonchev–Trinajstić information content (AvgIpc) is 0.756. The van der Waals surface area contributed by atoms with Gasteiger partial charge in [-0.1, -0.05) is 106 Å². The number of phenols is 4. The summed E-state index contributed by atoms with van der Waals surface area (Å²) >= 11 is 14.4. The lowest BCUT2D eigenvalue weighted by molar-refractivity contribution is -0.277. The lowest BCUT2D eigenvalue weighted by Gasteiger charge is -2.41. The molecule has 8 aliphatic heterocycles. The van der Waals surface area contributed by atoms with E-state index in [4.69, 9.17) is 66.8 Å². The summed E-state index contributed by atoms with van der Waals surface area (Å²) in [6.07, 6.45) is -14.6. The molecule has 0 spiro atoms. The summed E-state index contributed by atoms with van der Waals surface area (Å²) in [5.41, 5.74) is 3.08. The van der Waals surface area contributed by atoms with Crippen LogP contribution in [-0.4, -0.2) is 230 Å². The van der Waals surface area contributed by atoms with E-state index in [0.29, 0.717) is 50.4 Å². The first-order valence-corrected chi connectivity index (χ1v) is 43.5. The van der Waals surface area contributed by atoms with Crippen LogP contribution < -0.4 is 82.6 Å². The second-order valence-corrected chi connectivity index (χ2v) is 33.8. The first kappa shape index (κ1) is 96.6. The number of amides is 8. The molecule has 8 amide bonds. The first-order chi connectivity index (χ1) is 62.7. The maximum Gasteiger partial charge on any atom is 0.337 e. The van der Waals surface area contributed by atoms with Crippen LogP contribution in [0.3, 0.4) is 0 Å². The number of aromatic hydroxyl groups is 4. The maximum absolute atomic E-state index is 16.9. The Morgan fingerprint density at radius 2 is 1.21 bits per heavy atom. The van der Waals surface area contributed by atoms with Crippen LogP contribution in [0.4, 0.5) is 0 Å². The second-order valence-electron chi connectivity index (χ2n) is 33.0. The molecule has 131 heavy (non-hydrogen) atoms. The number of aliphatic hydroxyl groups excluding tert-OH is 7. The van der Waals surface area contributed by atoms with Gasteiger partial charge in [0.15, 0.2) is 29.1 Å². The Bertz CT molecular complexity index is 5390. The number of carbonyl (C=O) groups is 9. The molecular formula is C90H105Cl2N11O28. The van der Waals surface area contributed by atoms with E-state index in [9.17, 15) is 70.6 Å². The van der Waals surface area contributed by atoms with Gasteiger partial charge in [0.25, 0.3) is 0 Å². The van der Waals surface area contributed by atoms with E-state index < -0.39 is 271 Å². The van der Waals surface area contributed by atoms with E-state index in [1.807, 2.05) is 0 Å². The number of fused-ring (bicyclic) bond motifs is 14. The molecule has 39 nitrogen and oxygen atoms in total. The summed E-state index contributed by atoms with van der Waals surface area (Å²) in [5, 5.41) is 155. The van der Waals surface area contributed by atoms with Crippen molar-refractivity contribution in [2.24, 2.45) is 11.7 Å². The predicted molar refractivity (Wildman–Crippen MR) is 464 cm³/mol. The zero-order valence-electron chi connectivity index (χ0n) is 71.4. The van der Waals surface area contributed by atoms with Crippen LogP contribution in [-0.2, 0) is 63.8 Å². The van der Waals surface area contributed by atoms with Crippen molar-refractivity contribution in [1.29, 1.82) is 0 Å². The van der Waals surface area contributed by atoms with Crippen molar-refractivity contribution in [2.45, 2.75) is 194 Å². The fraction of sp³-hybridized carbons (Fsp3) is 0.433. The molecule has 0 saturated carbocycles. The predicted octanol–water partition coefficient (Wildman–Crippen LogP) is 3.63. The fourth-order valence-electron chi connectivity index (χ4n) is 16.2. The number of rotatable bonds is 25. The Hall–Kier alpha value is -11.9. The molecule has 2 saturated heterocycles. The number of hydrogen-bond donors (Lipinski definition) is 22. The quantitative estimate of drug-likeness (QED) is 0.0287. The van der Waals surface area contributed by atoms with Crippen LogP contribution in [0.1, 0.15) is 153 Å². The molecule has 0 aliphatic carbocycles. The summed E-state index contributed by atoms with van der Waals surface area (Å²) < 4.78 is 50.0. The zero-order chi connectivity index (χ0) is 93.9. The molecule has 18 atom stereocenters. The SMILES string of the molecule is CN[C@@H]1C(=O)N[C@@H]2Cc3ccc(cc3)Oc3cc4cc(c3O[C@@H]3O[C@H](C(=O)OC)[C@@H](O)[C@H](O)[C@H]3NC(=O)CCCCCCCCC(C)C)Oc3ccc(cc3Cl)[C@@H](O)[C@@H]3NC(=O)[C@H](NC(=O)[C@@H]4NC(=O)[C@@H](NC2=O)c2cc(cc(O)c2Cl)Oc2cc1ccc2O)c1ccc(O)c(c1)-c1c(O[C@H]2O[C@H](CO)[C@@H](O)[C@H](O)[C@@H]2O)cc(O)cc1[C@H](C(=O)NCCCNCCCN)NC3=O. The van der Waals surface area contributed by atoms with Crippen LogP contribution in [0.5, 0.6) is 69.0 Å². The first-order valence-electron chi connectivity index (χ1n) is 42.8. The molecule has 8 heterocycles. The minimum absolute atomic E-state index is 0.120. The highest BCUT2D eigenvalue weighted by molar-refractivity contribution is 6.33. The zero-order valence-corrected chi connectivity index (χ0v) is 73.0. The van der Waals surface area contributed by atoms with Crippen LogP contribution in [0.2, 0.25) is 10.0 Å². The molecular weight excluding hydrogens is 1750 g/mol. The highest BCUT2D eigenvalue weighted by atomic mass is 35.5. The molecule has 8 aliphatic rings. The summed E-state index contributed by atoms with van der Waals surface area (Å²) in [7, 11) is 2.40. The van der Waals surface area contributed by atoms with Gasteiger partial charge < -0.3 is 153 Å². The third-order valence-electron chi connectivity index (χ3n) is 23.2. The number of benzene rings is 7. The largest absolute Gasteiger partial charge is 0.508 e. The number of unbranched alkanes of at least 4 members (excludes halogenated alkanes) is 5. The minimum Gasteiger partial charge on any atom is -0.508 e. The van der Waals surface area contributed by atoms with E-state index in [-0.39, 0.29) is 47.8 Å². The van der Waals surface area contributed by atoms with Crippen molar-refractivity contribution in [3.63, 3.8) is 0 Å². The number of aliphatic hydroxyl groups is 7. The van der Waals surface area contributed by atoms with Crippen molar-refractivity contribution < 1.29 is 137 Å². The van der Waals surface area contributed by atoms with E-state index in [2.05, 4.69) is 67.0 Å². The van der Waals surface area contributed by atoms with E-state index >= 15 is 28.8 Å². The van der Waals surface area contributed by atoms with Gasteiger partial charge in [-0.15, -0.1) is 0 Å². The molecule has 7 aromatic rings. The lowest BCUT2D eigenvalue weighted by atomic mass is 9.89. The number of hydrogen-bond acceptors (Lipinski definition) is 31. The normalized spacial score (nSPS) is 25.5. The van der Waals surface area contributed by atoms with E-state index in [0.717, 1.165) is 106 Å². The van der Waals surface area contributed by atoms with Crippen molar-refractivity contribution in [1.82, 2.24) is 53.2 Å². The Morgan fingerprint density at radius 3 is 1.92 bits per heavy atom. The number of halogens is 2. The molecule has 2 fully saturated rings. The Kier molecular flexibility index (Phi) is 31.7.